The highest BCUT2D eigenvalue weighted by atomic mass is 16.4. The van der Waals surface area contributed by atoms with Gasteiger partial charge in [-0.1, -0.05) is 0 Å². The first-order chi connectivity index (χ1) is 9.85. The van der Waals surface area contributed by atoms with Crippen LogP contribution in [-0.4, -0.2) is 42.0 Å². The van der Waals surface area contributed by atoms with Crippen molar-refractivity contribution in [1.82, 2.24) is 4.90 Å². The normalized spacial score (nSPS) is 10.4. The molecule has 2 N–H and O–H groups in total. The van der Waals surface area contributed by atoms with Gasteiger partial charge in [0.25, 0.3) is 0 Å². The number of rotatable bonds is 7. The fraction of sp³-hybridized carbons (Fsp3) is 0.500. The third kappa shape index (κ3) is 4.93. The number of nitriles is 1. The van der Waals surface area contributed by atoms with Gasteiger partial charge in [0.05, 0.1) is 6.54 Å². The van der Waals surface area contributed by atoms with E-state index in [1.807, 2.05) is 6.07 Å². The number of nitrogens with zero attached hydrogens (tertiary/aromatic N) is 2. The zero-order valence-corrected chi connectivity index (χ0v) is 12.4. The summed E-state index contributed by atoms with van der Waals surface area (Å²) in [5.41, 5.74) is 1.04. The molecule has 0 saturated carbocycles. The Hall–Kier alpha value is -2.33. The topological polar surface area (TPSA) is 107 Å². The number of aliphatic carboxylic acids is 1. The van der Waals surface area contributed by atoms with Gasteiger partial charge in [0.15, 0.2) is 0 Å². The molecule has 0 fully saturated rings. The van der Waals surface area contributed by atoms with Gasteiger partial charge in [-0.05, 0) is 33.9 Å². The van der Waals surface area contributed by atoms with Crippen molar-refractivity contribution >= 4 is 17.8 Å². The fourth-order valence-corrected chi connectivity index (χ4v) is 1.84. The van der Waals surface area contributed by atoms with Crippen LogP contribution in [0.1, 0.15) is 29.7 Å². The molecule has 1 aromatic rings. The Bertz CT molecular complexity index is 572. The molecule has 0 unspecified atom stereocenters. The Morgan fingerprint density at radius 1 is 1.43 bits per heavy atom. The van der Waals surface area contributed by atoms with Crippen molar-refractivity contribution in [3.63, 3.8) is 0 Å². The number of hydrogen-bond acceptors (Lipinski definition) is 5. The van der Waals surface area contributed by atoms with Crippen LogP contribution in [0.3, 0.4) is 0 Å². The second-order valence-corrected chi connectivity index (χ2v) is 4.88. The number of hydrogen-bond donors (Lipinski definition) is 2. The molecule has 7 heteroatoms. The van der Waals surface area contributed by atoms with Gasteiger partial charge in [-0.2, -0.15) is 5.26 Å². The second-order valence-electron chi connectivity index (χ2n) is 4.88. The number of likely N-dealkylation sites (N-methyl/N-ethyl adjacent to an activating group) is 1. The van der Waals surface area contributed by atoms with E-state index in [4.69, 9.17) is 14.8 Å². The van der Waals surface area contributed by atoms with Crippen molar-refractivity contribution < 1.29 is 19.1 Å². The lowest BCUT2D eigenvalue weighted by Crippen LogP contribution is -2.31. The first kappa shape index (κ1) is 16.7. The zero-order valence-electron chi connectivity index (χ0n) is 12.4. The number of furan rings is 1. The summed E-state index contributed by atoms with van der Waals surface area (Å²) in [4.78, 5) is 24.0. The van der Waals surface area contributed by atoms with Gasteiger partial charge in [0.2, 0.25) is 11.8 Å². The maximum absolute atomic E-state index is 11.9. The van der Waals surface area contributed by atoms with E-state index in [9.17, 15) is 9.59 Å². The van der Waals surface area contributed by atoms with Gasteiger partial charge in [-0.3, -0.25) is 19.8 Å². The van der Waals surface area contributed by atoms with Crippen molar-refractivity contribution in [2.75, 3.05) is 25.5 Å². The summed E-state index contributed by atoms with van der Waals surface area (Å²) >= 11 is 0. The van der Waals surface area contributed by atoms with Crippen LogP contribution < -0.4 is 5.32 Å². The van der Waals surface area contributed by atoms with Crippen molar-refractivity contribution in [3.05, 3.63) is 16.9 Å². The number of carbonyl (C=O) groups excluding carboxylic acids is 1. The van der Waals surface area contributed by atoms with Crippen LogP contribution in [0.15, 0.2) is 4.42 Å². The first-order valence-electron chi connectivity index (χ1n) is 6.55. The van der Waals surface area contributed by atoms with E-state index >= 15 is 0 Å². The molecule has 0 bridgehead atoms. The van der Waals surface area contributed by atoms with Gasteiger partial charge in [-0.25, -0.2) is 0 Å². The third-order valence-corrected chi connectivity index (χ3v) is 3.09. The molecule has 21 heavy (non-hydrogen) atoms. The van der Waals surface area contributed by atoms with Gasteiger partial charge in [-0.15, -0.1) is 0 Å². The average molecular weight is 293 g/mol. The molecule has 0 spiro atoms. The Kier molecular flexibility index (Phi) is 5.93. The van der Waals surface area contributed by atoms with Crippen molar-refractivity contribution in [2.24, 2.45) is 0 Å². The van der Waals surface area contributed by atoms with E-state index in [1.54, 1.807) is 25.8 Å². The van der Waals surface area contributed by atoms with Crippen molar-refractivity contribution in [3.8, 4) is 6.07 Å². The highest BCUT2D eigenvalue weighted by Gasteiger charge is 2.17. The minimum absolute atomic E-state index is 0.0705. The lowest BCUT2D eigenvalue weighted by atomic mass is 10.2. The SMILES string of the molecule is Cc1oc(NC(=O)CN(C)CCCC(=O)O)c(C#N)c1C. The second kappa shape index (κ2) is 7.45. The highest BCUT2D eigenvalue weighted by molar-refractivity contribution is 5.92. The van der Waals surface area contributed by atoms with Crippen LogP contribution in [0.4, 0.5) is 5.88 Å². The molecule has 0 aliphatic heterocycles. The van der Waals surface area contributed by atoms with Crippen LogP contribution in [0, 0.1) is 25.2 Å². The molecule has 1 rings (SSSR count). The van der Waals surface area contributed by atoms with E-state index in [2.05, 4.69) is 5.32 Å². The lowest BCUT2D eigenvalue weighted by Gasteiger charge is -2.14. The predicted molar refractivity (Wildman–Crippen MR) is 75.9 cm³/mol. The Balaban J connectivity index is 2.53. The van der Waals surface area contributed by atoms with E-state index < -0.39 is 5.97 Å². The summed E-state index contributed by atoms with van der Waals surface area (Å²) in [5, 5.41) is 20.2. The summed E-state index contributed by atoms with van der Waals surface area (Å²) in [6.45, 7) is 4.08. The van der Waals surface area contributed by atoms with E-state index in [1.165, 1.54) is 0 Å². The van der Waals surface area contributed by atoms with E-state index in [0.29, 0.717) is 29.9 Å². The Morgan fingerprint density at radius 2 is 2.10 bits per heavy atom. The fourth-order valence-electron chi connectivity index (χ4n) is 1.84. The number of anilines is 1. The van der Waals surface area contributed by atoms with Crippen molar-refractivity contribution in [2.45, 2.75) is 26.7 Å². The smallest absolute Gasteiger partial charge is 0.303 e. The summed E-state index contributed by atoms with van der Waals surface area (Å²) in [5.74, 6) is -0.403. The van der Waals surface area contributed by atoms with Crippen LogP contribution in [0.5, 0.6) is 0 Å². The van der Waals surface area contributed by atoms with Crippen LogP contribution in [0.25, 0.3) is 0 Å². The summed E-state index contributed by atoms with van der Waals surface area (Å²) in [6.07, 6.45) is 0.544. The first-order valence-corrected chi connectivity index (χ1v) is 6.55. The van der Waals surface area contributed by atoms with Crippen LogP contribution >= 0.6 is 0 Å². The summed E-state index contributed by atoms with van der Waals surface area (Å²) < 4.78 is 5.35. The maximum Gasteiger partial charge on any atom is 0.303 e. The van der Waals surface area contributed by atoms with E-state index in [-0.39, 0.29) is 24.8 Å². The van der Waals surface area contributed by atoms with Crippen LogP contribution in [0.2, 0.25) is 0 Å². The van der Waals surface area contributed by atoms with Gasteiger partial charge in [0.1, 0.15) is 17.4 Å². The van der Waals surface area contributed by atoms with Crippen LogP contribution in [-0.2, 0) is 9.59 Å². The quantitative estimate of drug-likeness (QED) is 0.789. The molecule has 7 nitrogen and oxygen atoms in total. The van der Waals surface area contributed by atoms with Gasteiger partial charge < -0.3 is 9.52 Å². The number of amides is 1. The average Bonchev–Trinajstić information content (AvgIpc) is 2.63. The van der Waals surface area contributed by atoms with E-state index in [0.717, 1.165) is 0 Å². The number of aryl methyl sites for hydroxylation is 1. The molecule has 0 aromatic carbocycles. The standard InChI is InChI=1S/C14H19N3O4/c1-9-10(2)21-14(11(9)7-15)16-12(18)8-17(3)6-4-5-13(19)20/h4-6,8H2,1-3H3,(H,16,18)(H,19,20). The molecule has 1 amide bonds. The molecule has 114 valence electrons. The largest absolute Gasteiger partial charge is 0.481 e. The monoisotopic (exact) mass is 293 g/mol. The Labute approximate surface area is 123 Å². The molecule has 0 aliphatic rings. The molecule has 0 aliphatic carbocycles. The van der Waals surface area contributed by atoms with Gasteiger partial charge in [0, 0.05) is 12.0 Å². The number of nitrogens with one attached hydrogen (secondary N) is 1. The molecule has 1 aromatic heterocycles. The number of carboxylic acids is 1. The number of carboxylic acid groups (broad SMARTS) is 1. The molecule has 0 radical (unpaired) electrons. The molecule has 1 heterocycles. The van der Waals surface area contributed by atoms with Crippen molar-refractivity contribution in [1.29, 1.82) is 5.26 Å². The summed E-state index contributed by atoms with van der Waals surface area (Å²) in [7, 11) is 1.73. The lowest BCUT2D eigenvalue weighted by molar-refractivity contribution is -0.137. The zero-order chi connectivity index (χ0) is 16.0. The predicted octanol–water partition coefficient (Wildman–Crippen LogP) is 1.50. The number of carbonyl (C=O) groups is 2. The Morgan fingerprint density at radius 3 is 2.67 bits per heavy atom. The molecular weight excluding hydrogens is 274 g/mol. The molecular formula is C14H19N3O4. The molecule has 0 atom stereocenters. The maximum atomic E-state index is 11.9. The summed E-state index contributed by atoms with van der Waals surface area (Å²) in [6, 6.07) is 2.00. The van der Waals surface area contributed by atoms with Gasteiger partial charge >= 0.3 is 5.97 Å². The minimum Gasteiger partial charge on any atom is -0.481 e. The minimum atomic E-state index is -0.854. The molecule has 0 saturated heterocycles. The third-order valence-electron chi connectivity index (χ3n) is 3.09. The highest BCUT2D eigenvalue weighted by Crippen LogP contribution is 2.25.